The highest BCUT2D eigenvalue weighted by molar-refractivity contribution is 7.16. The van der Waals surface area contributed by atoms with E-state index in [1.165, 1.54) is 25.7 Å². The Labute approximate surface area is 149 Å². The van der Waals surface area contributed by atoms with E-state index in [1.54, 1.807) is 27.7 Å². The average molecular weight is 364 g/mol. The highest BCUT2D eigenvalue weighted by Crippen LogP contribution is 2.28. The number of hydrogen-bond donors (Lipinski definition) is 1. The van der Waals surface area contributed by atoms with Crippen LogP contribution in [0.25, 0.3) is 10.7 Å². The fourth-order valence-electron chi connectivity index (χ4n) is 1.96. The predicted octanol–water partition coefficient (Wildman–Crippen LogP) is 2.97. The molecule has 0 fully saturated rings. The van der Waals surface area contributed by atoms with Gasteiger partial charge in [-0.15, -0.1) is 11.3 Å². The van der Waals surface area contributed by atoms with Crippen molar-refractivity contribution in [3.8, 4) is 10.7 Å². The second-order valence-electron chi connectivity index (χ2n) is 6.18. The lowest BCUT2D eigenvalue weighted by atomic mass is 10.2. The minimum atomic E-state index is -0.597. The van der Waals surface area contributed by atoms with Gasteiger partial charge in [0.1, 0.15) is 21.2 Å². The topological polar surface area (TPSA) is 103 Å². The highest BCUT2D eigenvalue weighted by Gasteiger charge is 2.23. The summed E-state index contributed by atoms with van der Waals surface area (Å²) in [7, 11) is 1.31. The van der Waals surface area contributed by atoms with E-state index < -0.39 is 23.7 Å². The maximum absolute atomic E-state index is 12.0. The molecule has 0 aliphatic rings. The van der Waals surface area contributed by atoms with E-state index in [4.69, 9.17) is 4.74 Å². The number of nitrogens with one attached hydrogen (secondary N) is 1. The third kappa shape index (κ3) is 4.96. The zero-order chi connectivity index (χ0) is 18.6. The molecule has 0 saturated carbocycles. The fourth-order valence-corrected chi connectivity index (χ4v) is 2.80. The number of esters is 1. The first kappa shape index (κ1) is 18.8. The molecule has 0 aromatic carbocycles. The Balaban J connectivity index is 2.24. The summed E-state index contributed by atoms with van der Waals surface area (Å²) >= 11 is 1.15. The van der Waals surface area contributed by atoms with Crippen LogP contribution in [0.1, 0.15) is 49.1 Å². The van der Waals surface area contributed by atoms with Crippen LogP contribution in [0, 0.1) is 0 Å². The summed E-state index contributed by atoms with van der Waals surface area (Å²) in [5, 5.41) is 3.24. The number of methoxy groups -OCH3 is 1. The molecule has 2 aromatic heterocycles. The summed E-state index contributed by atoms with van der Waals surface area (Å²) in [5.41, 5.74) is 0.421. The second-order valence-corrected chi connectivity index (χ2v) is 7.21. The number of thiazole rings is 1. The molecule has 1 N–H and O–H groups in total. The Morgan fingerprint density at radius 2 is 1.88 bits per heavy atom. The Kier molecular flexibility index (Phi) is 5.68. The number of alkyl carbamates (subject to hydrolysis) is 1. The van der Waals surface area contributed by atoms with Crippen molar-refractivity contribution in [2.75, 3.05) is 7.11 Å². The van der Waals surface area contributed by atoms with Crippen LogP contribution in [0.5, 0.6) is 0 Å². The van der Waals surface area contributed by atoms with Gasteiger partial charge in [-0.25, -0.2) is 14.6 Å². The molecule has 1 amide bonds. The smallest absolute Gasteiger partial charge is 0.408 e. The van der Waals surface area contributed by atoms with Crippen LogP contribution >= 0.6 is 11.3 Å². The number of rotatable bonds is 4. The number of carbonyl (C=O) groups is 2. The Hall–Kier alpha value is -2.55. The molecule has 9 heteroatoms. The van der Waals surface area contributed by atoms with Crippen molar-refractivity contribution in [2.24, 2.45) is 0 Å². The van der Waals surface area contributed by atoms with Gasteiger partial charge in [-0.1, -0.05) is 0 Å². The lowest BCUT2D eigenvalue weighted by Crippen LogP contribution is -2.34. The van der Waals surface area contributed by atoms with Gasteiger partial charge in [-0.3, -0.25) is 9.97 Å². The summed E-state index contributed by atoms with van der Waals surface area (Å²) < 4.78 is 9.94. The SMILES string of the molecule is COC(=O)c1cnc(-c2nccnc2[C@H](C)NC(=O)OC(C)(C)C)s1. The molecule has 25 heavy (non-hydrogen) atoms. The number of ether oxygens (including phenoxy) is 2. The lowest BCUT2D eigenvalue weighted by Gasteiger charge is -2.22. The average Bonchev–Trinajstić information content (AvgIpc) is 3.02. The largest absolute Gasteiger partial charge is 0.465 e. The van der Waals surface area contributed by atoms with E-state index in [0.29, 0.717) is 21.3 Å². The molecule has 0 unspecified atom stereocenters. The lowest BCUT2D eigenvalue weighted by molar-refractivity contribution is 0.0506. The number of carbonyl (C=O) groups excluding carboxylic acids is 2. The van der Waals surface area contributed by atoms with Crippen molar-refractivity contribution < 1.29 is 19.1 Å². The molecule has 8 nitrogen and oxygen atoms in total. The van der Waals surface area contributed by atoms with Gasteiger partial charge in [-0.05, 0) is 27.7 Å². The Bertz CT molecular complexity index is 769. The van der Waals surface area contributed by atoms with Crippen LogP contribution in [-0.4, -0.2) is 39.7 Å². The van der Waals surface area contributed by atoms with E-state index in [1.807, 2.05) is 0 Å². The Morgan fingerprint density at radius 1 is 1.20 bits per heavy atom. The van der Waals surface area contributed by atoms with E-state index in [0.717, 1.165) is 11.3 Å². The van der Waals surface area contributed by atoms with Gasteiger partial charge < -0.3 is 14.8 Å². The Morgan fingerprint density at radius 3 is 2.52 bits per heavy atom. The summed E-state index contributed by atoms with van der Waals surface area (Å²) in [4.78, 5) is 36.7. The van der Waals surface area contributed by atoms with Gasteiger partial charge in [0.05, 0.1) is 25.0 Å². The summed E-state index contributed by atoms with van der Waals surface area (Å²) in [6, 6.07) is -0.455. The minimum Gasteiger partial charge on any atom is -0.465 e. The zero-order valence-electron chi connectivity index (χ0n) is 14.7. The zero-order valence-corrected chi connectivity index (χ0v) is 15.5. The van der Waals surface area contributed by atoms with E-state index in [-0.39, 0.29) is 0 Å². The normalized spacial score (nSPS) is 12.4. The van der Waals surface area contributed by atoms with Gasteiger partial charge >= 0.3 is 12.1 Å². The van der Waals surface area contributed by atoms with Crippen LogP contribution in [0.3, 0.4) is 0 Å². The van der Waals surface area contributed by atoms with E-state index in [9.17, 15) is 9.59 Å². The number of aromatic nitrogens is 3. The molecule has 0 bridgehead atoms. The molecule has 134 valence electrons. The van der Waals surface area contributed by atoms with Crippen molar-refractivity contribution in [1.82, 2.24) is 20.3 Å². The molecule has 2 heterocycles. The van der Waals surface area contributed by atoms with E-state index in [2.05, 4.69) is 25.0 Å². The van der Waals surface area contributed by atoms with Crippen molar-refractivity contribution in [2.45, 2.75) is 39.3 Å². The first-order valence-corrected chi connectivity index (χ1v) is 8.38. The molecular formula is C16H20N4O4S. The molecule has 0 aliphatic carbocycles. The highest BCUT2D eigenvalue weighted by atomic mass is 32.1. The van der Waals surface area contributed by atoms with Gasteiger partial charge in [0.15, 0.2) is 0 Å². The maximum atomic E-state index is 12.0. The second kappa shape index (κ2) is 7.56. The quantitative estimate of drug-likeness (QED) is 0.832. The van der Waals surface area contributed by atoms with Gasteiger partial charge in [0, 0.05) is 12.4 Å². The molecule has 0 saturated heterocycles. The molecule has 2 rings (SSSR count). The fraction of sp³-hybridized carbons (Fsp3) is 0.438. The van der Waals surface area contributed by atoms with Crippen molar-refractivity contribution in [3.63, 3.8) is 0 Å². The van der Waals surface area contributed by atoms with Crippen LogP contribution < -0.4 is 5.32 Å². The van der Waals surface area contributed by atoms with Crippen molar-refractivity contribution >= 4 is 23.4 Å². The first-order valence-electron chi connectivity index (χ1n) is 7.56. The molecule has 0 aliphatic heterocycles. The number of nitrogens with zero attached hydrogens (tertiary/aromatic N) is 3. The third-order valence-corrected chi connectivity index (χ3v) is 3.95. The van der Waals surface area contributed by atoms with Crippen molar-refractivity contribution in [3.05, 3.63) is 29.2 Å². The maximum Gasteiger partial charge on any atom is 0.408 e. The standard InChI is InChI=1S/C16H20N4O4S/c1-9(20-15(22)24-16(2,3)4)11-12(18-7-6-17-11)13-19-8-10(25-13)14(21)23-5/h6-9H,1-5H3,(H,20,22)/t9-/m0/s1. The van der Waals surface area contributed by atoms with Gasteiger partial charge in [0.2, 0.25) is 0 Å². The molecule has 1 atom stereocenters. The first-order chi connectivity index (χ1) is 11.7. The molecule has 0 spiro atoms. The summed E-state index contributed by atoms with van der Waals surface area (Å²) in [5.74, 6) is -0.464. The van der Waals surface area contributed by atoms with Crippen LogP contribution in [-0.2, 0) is 9.47 Å². The minimum absolute atomic E-state index is 0.363. The monoisotopic (exact) mass is 364 g/mol. The van der Waals surface area contributed by atoms with Crippen LogP contribution in [0.2, 0.25) is 0 Å². The summed E-state index contributed by atoms with van der Waals surface area (Å²) in [6.45, 7) is 7.13. The third-order valence-electron chi connectivity index (χ3n) is 2.96. The van der Waals surface area contributed by atoms with E-state index >= 15 is 0 Å². The number of hydrogen-bond acceptors (Lipinski definition) is 8. The van der Waals surface area contributed by atoms with Crippen LogP contribution in [0.15, 0.2) is 18.6 Å². The van der Waals surface area contributed by atoms with Crippen LogP contribution in [0.4, 0.5) is 4.79 Å². The predicted molar refractivity (Wildman–Crippen MR) is 92.3 cm³/mol. The molecular weight excluding hydrogens is 344 g/mol. The van der Waals surface area contributed by atoms with Gasteiger partial charge in [0.25, 0.3) is 0 Å². The molecule has 0 radical (unpaired) electrons. The summed E-state index contributed by atoms with van der Waals surface area (Å²) in [6.07, 6.45) is 3.93. The van der Waals surface area contributed by atoms with Gasteiger partial charge in [-0.2, -0.15) is 0 Å². The molecule has 2 aromatic rings. The van der Waals surface area contributed by atoms with Crippen molar-refractivity contribution in [1.29, 1.82) is 0 Å². The number of amides is 1.